The van der Waals surface area contributed by atoms with Crippen molar-refractivity contribution >= 4 is 0 Å². The molecule has 2 unspecified atom stereocenters. The Bertz CT molecular complexity index is 206. The number of nitrogens with one attached hydrogen (secondary N) is 1. The fraction of sp³-hybridized carbons (Fsp3) is 1.00. The number of rotatable bonds is 6. The van der Waals surface area contributed by atoms with Crippen molar-refractivity contribution in [3.63, 3.8) is 0 Å². The van der Waals surface area contributed by atoms with Gasteiger partial charge in [-0.1, -0.05) is 6.42 Å². The summed E-state index contributed by atoms with van der Waals surface area (Å²) in [7, 11) is 3.91. The summed E-state index contributed by atoms with van der Waals surface area (Å²) in [6.07, 6.45) is 8.27. The fourth-order valence-electron chi connectivity index (χ4n) is 2.99. The lowest BCUT2D eigenvalue weighted by molar-refractivity contribution is 0.0890. The van der Waals surface area contributed by atoms with Gasteiger partial charge in [0.1, 0.15) is 0 Å². The third-order valence-electron chi connectivity index (χ3n) is 4.09. The predicted molar refractivity (Wildman–Crippen MR) is 66.7 cm³/mol. The van der Waals surface area contributed by atoms with E-state index in [-0.39, 0.29) is 0 Å². The van der Waals surface area contributed by atoms with Crippen molar-refractivity contribution in [3.05, 3.63) is 0 Å². The molecule has 2 aliphatic rings. The van der Waals surface area contributed by atoms with Gasteiger partial charge in [0, 0.05) is 31.8 Å². The molecule has 3 nitrogen and oxygen atoms in total. The van der Waals surface area contributed by atoms with E-state index in [0.717, 1.165) is 31.3 Å². The molecule has 0 amide bonds. The van der Waals surface area contributed by atoms with Gasteiger partial charge < -0.3 is 10.1 Å². The van der Waals surface area contributed by atoms with Crippen LogP contribution in [0.5, 0.6) is 0 Å². The maximum atomic E-state index is 5.24. The Morgan fingerprint density at radius 1 is 1.19 bits per heavy atom. The molecule has 3 heteroatoms. The maximum Gasteiger partial charge on any atom is 0.0589 e. The summed E-state index contributed by atoms with van der Waals surface area (Å²) in [6, 6.07) is 2.41. The Hall–Kier alpha value is -0.120. The van der Waals surface area contributed by atoms with E-state index in [1.54, 1.807) is 0 Å². The molecule has 0 spiro atoms. The first-order chi connectivity index (χ1) is 7.85. The van der Waals surface area contributed by atoms with Gasteiger partial charge in [0.25, 0.3) is 0 Å². The molecular weight excluding hydrogens is 200 g/mol. The summed E-state index contributed by atoms with van der Waals surface area (Å²) >= 11 is 0. The summed E-state index contributed by atoms with van der Waals surface area (Å²) in [5.74, 6) is 0. The van der Waals surface area contributed by atoms with Crippen LogP contribution in [0.4, 0.5) is 0 Å². The first-order valence-corrected chi connectivity index (χ1v) is 6.77. The molecule has 0 aromatic heterocycles. The van der Waals surface area contributed by atoms with Gasteiger partial charge in [0.2, 0.25) is 0 Å². The molecule has 2 rings (SSSR count). The van der Waals surface area contributed by atoms with E-state index in [9.17, 15) is 0 Å². The van der Waals surface area contributed by atoms with Gasteiger partial charge in [0.05, 0.1) is 6.61 Å². The Labute approximate surface area is 99.5 Å². The van der Waals surface area contributed by atoms with Crippen LogP contribution in [0.3, 0.4) is 0 Å². The van der Waals surface area contributed by atoms with Gasteiger partial charge in [-0.25, -0.2) is 0 Å². The first kappa shape index (κ1) is 12.3. The van der Waals surface area contributed by atoms with Crippen molar-refractivity contribution in [2.24, 2.45) is 0 Å². The van der Waals surface area contributed by atoms with Crippen LogP contribution in [0.15, 0.2) is 0 Å². The number of hydrogen-bond acceptors (Lipinski definition) is 3. The number of nitrogens with zero attached hydrogens (tertiary/aromatic N) is 1. The van der Waals surface area contributed by atoms with Crippen molar-refractivity contribution in [2.75, 3.05) is 27.3 Å². The normalized spacial score (nSPS) is 30.9. The van der Waals surface area contributed by atoms with Crippen molar-refractivity contribution in [3.8, 4) is 0 Å². The minimum absolute atomic E-state index is 0.738. The van der Waals surface area contributed by atoms with Crippen molar-refractivity contribution in [2.45, 2.75) is 56.7 Å². The van der Waals surface area contributed by atoms with Crippen LogP contribution in [0.2, 0.25) is 0 Å². The van der Waals surface area contributed by atoms with Crippen LogP contribution in [-0.4, -0.2) is 50.3 Å². The molecule has 0 heterocycles. The topological polar surface area (TPSA) is 24.5 Å². The number of hydrogen-bond donors (Lipinski definition) is 1. The standard InChI is InChI=1S/C13H26N2O/c1-14-11-4-3-5-13(10-11)15(8-9-16-2)12-6-7-12/h11-14H,3-10H2,1-2H3. The van der Waals surface area contributed by atoms with Gasteiger partial charge in [-0.05, 0) is 39.2 Å². The smallest absolute Gasteiger partial charge is 0.0589 e. The van der Waals surface area contributed by atoms with Crippen molar-refractivity contribution < 1.29 is 4.74 Å². The fourth-order valence-corrected chi connectivity index (χ4v) is 2.99. The average Bonchev–Trinajstić information content (AvgIpc) is 3.14. The van der Waals surface area contributed by atoms with Crippen LogP contribution in [-0.2, 0) is 4.74 Å². The number of methoxy groups -OCH3 is 1. The lowest BCUT2D eigenvalue weighted by atomic mass is 9.90. The quantitative estimate of drug-likeness (QED) is 0.745. The van der Waals surface area contributed by atoms with E-state index in [4.69, 9.17) is 4.74 Å². The SMILES string of the molecule is CNC1CCCC(N(CCOC)C2CC2)C1. The lowest BCUT2D eigenvalue weighted by Gasteiger charge is -2.37. The second-order valence-electron chi connectivity index (χ2n) is 5.27. The molecule has 0 bridgehead atoms. The molecule has 0 aromatic rings. The van der Waals surface area contributed by atoms with E-state index in [2.05, 4.69) is 17.3 Å². The maximum absolute atomic E-state index is 5.24. The van der Waals surface area contributed by atoms with Crippen LogP contribution in [0.1, 0.15) is 38.5 Å². The van der Waals surface area contributed by atoms with Crippen LogP contribution >= 0.6 is 0 Å². The highest BCUT2D eigenvalue weighted by molar-refractivity contribution is 4.92. The second kappa shape index (κ2) is 5.99. The van der Waals surface area contributed by atoms with Gasteiger partial charge in [0.15, 0.2) is 0 Å². The van der Waals surface area contributed by atoms with Crippen LogP contribution < -0.4 is 5.32 Å². The Morgan fingerprint density at radius 2 is 2.00 bits per heavy atom. The minimum Gasteiger partial charge on any atom is -0.383 e. The van der Waals surface area contributed by atoms with E-state index >= 15 is 0 Å². The van der Waals surface area contributed by atoms with E-state index in [1.165, 1.54) is 38.5 Å². The zero-order chi connectivity index (χ0) is 11.4. The molecule has 2 aliphatic carbocycles. The van der Waals surface area contributed by atoms with E-state index < -0.39 is 0 Å². The zero-order valence-electron chi connectivity index (χ0n) is 10.7. The van der Waals surface area contributed by atoms with Gasteiger partial charge in [-0.15, -0.1) is 0 Å². The third kappa shape index (κ3) is 3.19. The molecule has 0 saturated heterocycles. The largest absolute Gasteiger partial charge is 0.383 e. The second-order valence-corrected chi connectivity index (χ2v) is 5.27. The predicted octanol–water partition coefficient (Wildman–Crippen LogP) is 1.63. The Balaban J connectivity index is 1.85. The highest BCUT2D eigenvalue weighted by atomic mass is 16.5. The summed E-state index contributed by atoms with van der Waals surface area (Å²) in [4.78, 5) is 2.72. The van der Waals surface area contributed by atoms with E-state index in [1.807, 2.05) is 7.11 Å². The van der Waals surface area contributed by atoms with Gasteiger partial charge >= 0.3 is 0 Å². The van der Waals surface area contributed by atoms with Crippen molar-refractivity contribution in [1.29, 1.82) is 0 Å². The molecule has 2 fully saturated rings. The summed E-state index contributed by atoms with van der Waals surface area (Å²) in [6.45, 7) is 2.01. The lowest BCUT2D eigenvalue weighted by Crippen LogP contribution is -2.45. The summed E-state index contributed by atoms with van der Waals surface area (Å²) in [5, 5.41) is 3.45. The van der Waals surface area contributed by atoms with Crippen LogP contribution in [0, 0.1) is 0 Å². The van der Waals surface area contributed by atoms with Crippen LogP contribution in [0.25, 0.3) is 0 Å². The molecule has 2 saturated carbocycles. The summed E-state index contributed by atoms with van der Waals surface area (Å²) in [5.41, 5.74) is 0. The summed E-state index contributed by atoms with van der Waals surface area (Å²) < 4.78 is 5.24. The average molecular weight is 226 g/mol. The highest BCUT2D eigenvalue weighted by Crippen LogP contribution is 2.33. The molecule has 1 N–H and O–H groups in total. The minimum atomic E-state index is 0.738. The molecule has 0 aromatic carbocycles. The number of ether oxygens (including phenoxy) is 1. The Kier molecular flexibility index (Phi) is 4.62. The molecule has 2 atom stereocenters. The van der Waals surface area contributed by atoms with Gasteiger partial charge in [-0.3, -0.25) is 4.90 Å². The monoisotopic (exact) mass is 226 g/mol. The molecular formula is C13H26N2O. The van der Waals surface area contributed by atoms with Gasteiger partial charge in [-0.2, -0.15) is 0 Å². The molecule has 94 valence electrons. The molecule has 16 heavy (non-hydrogen) atoms. The Morgan fingerprint density at radius 3 is 2.62 bits per heavy atom. The third-order valence-corrected chi connectivity index (χ3v) is 4.09. The highest BCUT2D eigenvalue weighted by Gasteiger charge is 2.35. The first-order valence-electron chi connectivity index (χ1n) is 6.77. The van der Waals surface area contributed by atoms with Crippen molar-refractivity contribution in [1.82, 2.24) is 10.2 Å². The molecule has 0 aliphatic heterocycles. The molecule has 0 radical (unpaired) electrons. The zero-order valence-corrected chi connectivity index (χ0v) is 10.7. The van der Waals surface area contributed by atoms with E-state index in [0.29, 0.717) is 0 Å².